The van der Waals surface area contributed by atoms with Gasteiger partial charge in [-0.2, -0.15) is 0 Å². The smallest absolute Gasteiger partial charge is 0.0375 e. The summed E-state index contributed by atoms with van der Waals surface area (Å²) in [7, 11) is 4.43. The second-order valence-corrected chi connectivity index (χ2v) is 7.00. The molecule has 2 rings (SSSR count). The van der Waals surface area contributed by atoms with Crippen LogP contribution in [0.4, 0.5) is 5.69 Å². The van der Waals surface area contributed by atoms with Crippen LogP contribution in [-0.2, 0) is 0 Å². The fraction of sp³-hybridized carbons (Fsp3) is 0.647. The minimum Gasteiger partial charge on any atom is -0.373 e. The molecule has 1 N–H and O–H groups in total. The summed E-state index contributed by atoms with van der Waals surface area (Å²) in [5.41, 5.74) is 2.61. The summed E-state index contributed by atoms with van der Waals surface area (Å²) in [6.07, 6.45) is 2.65. The highest BCUT2D eigenvalue weighted by atomic mass is 79.9. The Morgan fingerprint density at radius 3 is 2.81 bits per heavy atom. The average molecular weight is 354 g/mol. The first-order valence-electron chi connectivity index (χ1n) is 7.97. The topological polar surface area (TPSA) is 18.5 Å². The summed E-state index contributed by atoms with van der Waals surface area (Å²) < 4.78 is 1.19. The first kappa shape index (κ1) is 16.8. The van der Waals surface area contributed by atoms with Crippen molar-refractivity contribution in [3.8, 4) is 0 Å². The predicted molar refractivity (Wildman–Crippen MR) is 95.2 cm³/mol. The van der Waals surface area contributed by atoms with E-state index in [1.165, 1.54) is 35.1 Å². The van der Waals surface area contributed by atoms with E-state index in [1.54, 1.807) is 0 Å². The summed E-state index contributed by atoms with van der Waals surface area (Å²) in [6.45, 7) is 7.68. The maximum absolute atomic E-state index is 3.73. The monoisotopic (exact) mass is 353 g/mol. The van der Waals surface area contributed by atoms with Gasteiger partial charge in [0.2, 0.25) is 0 Å². The Kier molecular flexibility index (Phi) is 6.08. The van der Waals surface area contributed by atoms with Crippen LogP contribution in [0.15, 0.2) is 22.7 Å². The van der Waals surface area contributed by atoms with Gasteiger partial charge in [-0.1, -0.05) is 28.9 Å². The molecular weight excluding hydrogens is 326 g/mol. The second kappa shape index (κ2) is 7.61. The van der Waals surface area contributed by atoms with E-state index in [-0.39, 0.29) is 0 Å². The normalized spacial score (nSPS) is 20.7. The third-order valence-corrected chi connectivity index (χ3v) is 5.24. The van der Waals surface area contributed by atoms with Crippen molar-refractivity contribution in [2.24, 2.45) is 0 Å². The Morgan fingerprint density at radius 2 is 2.24 bits per heavy atom. The predicted octanol–water partition coefficient (Wildman–Crippen LogP) is 3.65. The first-order valence-corrected chi connectivity index (χ1v) is 8.76. The number of likely N-dealkylation sites (tertiary alicyclic amines) is 1. The van der Waals surface area contributed by atoms with E-state index in [1.807, 2.05) is 0 Å². The summed E-state index contributed by atoms with van der Waals surface area (Å²) in [4.78, 5) is 4.85. The largest absolute Gasteiger partial charge is 0.373 e. The van der Waals surface area contributed by atoms with Crippen LogP contribution in [-0.4, -0.2) is 44.7 Å². The Bertz CT molecular complexity index is 463. The van der Waals surface area contributed by atoms with E-state index in [4.69, 9.17) is 0 Å². The SMILES string of the molecule is CCNC(C)c1ccc(N(C)CC2CCCN2C)cc1Br. The van der Waals surface area contributed by atoms with Gasteiger partial charge in [-0.15, -0.1) is 0 Å². The van der Waals surface area contributed by atoms with E-state index >= 15 is 0 Å². The minimum absolute atomic E-state index is 0.379. The molecule has 2 atom stereocenters. The fourth-order valence-corrected chi connectivity index (χ4v) is 3.86. The molecule has 4 heteroatoms. The van der Waals surface area contributed by atoms with Gasteiger partial charge in [0, 0.05) is 35.8 Å². The molecule has 1 saturated heterocycles. The van der Waals surface area contributed by atoms with E-state index < -0.39 is 0 Å². The van der Waals surface area contributed by atoms with Crippen molar-refractivity contribution >= 4 is 21.6 Å². The van der Waals surface area contributed by atoms with Crippen LogP contribution < -0.4 is 10.2 Å². The van der Waals surface area contributed by atoms with Crippen LogP contribution in [0.25, 0.3) is 0 Å². The molecule has 118 valence electrons. The van der Waals surface area contributed by atoms with Gasteiger partial charge in [0.1, 0.15) is 0 Å². The summed E-state index contributed by atoms with van der Waals surface area (Å²) >= 11 is 3.73. The van der Waals surface area contributed by atoms with E-state index in [2.05, 4.69) is 77.2 Å². The molecule has 1 fully saturated rings. The molecule has 1 heterocycles. The Labute approximate surface area is 137 Å². The number of nitrogens with one attached hydrogen (secondary N) is 1. The molecule has 0 bridgehead atoms. The average Bonchev–Trinajstić information content (AvgIpc) is 2.84. The van der Waals surface area contributed by atoms with Crippen LogP contribution in [0.3, 0.4) is 0 Å². The lowest BCUT2D eigenvalue weighted by Crippen LogP contribution is -2.36. The Morgan fingerprint density at radius 1 is 1.48 bits per heavy atom. The van der Waals surface area contributed by atoms with Crippen LogP contribution in [0.1, 0.15) is 38.3 Å². The second-order valence-electron chi connectivity index (χ2n) is 6.14. The molecule has 0 amide bonds. The van der Waals surface area contributed by atoms with Gasteiger partial charge >= 0.3 is 0 Å². The number of benzene rings is 1. The minimum atomic E-state index is 0.379. The van der Waals surface area contributed by atoms with Gasteiger partial charge in [0.15, 0.2) is 0 Å². The lowest BCUT2D eigenvalue weighted by Gasteiger charge is -2.28. The summed E-state index contributed by atoms with van der Waals surface area (Å²) in [5, 5.41) is 3.47. The molecule has 0 spiro atoms. The Hall–Kier alpha value is -0.580. The third-order valence-electron chi connectivity index (χ3n) is 4.56. The van der Waals surface area contributed by atoms with Crippen LogP contribution >= 0.6 is 15.9 Å². The van der Waals surface area contributed by atoms with Crippen molar-refractivity contribution in [3.05, 3.63) is 28.2 Å². The lowest BCUT2D eigenvalue weighted by atomic mass is 10.1. The molecule has 1 aromatic carbocycles. The molecule has 1 aromatic rings. The van der Waals surface area contributed by atoms with E-state index in [0.29, 0.717) is 12.1 Å². The first-order chi connectivity index (χ1) is 10.0. The highest BCUT2D eigenvalue weighted by molar-refractivity contribution is 9.10. The molecule has 1 aliphatic rings. The number of halogens is 1. The van der Waals surface area contributed by atoms with Crippen molar-refractivity contribution in [2.75, 3.05) is 38.6 Å². The maximum Gasteiger partial charge on any atom is 0.0375 e. The van der Waals surface area contributed by atoms with Crippen molar-refractivity contribution < 1.29 is 0 Å². The van der Waals surface area contributed by atoms with Crippen LogP contribution in [0.2, 0.25) is 0 Å². The molecule has 0 aromatic heterocycles. The van der Waals surface area contributed by atoms with Crippen molar-refractivity contribution in [2.45, 2.75) is 38.8 Å². The summed E-state index contributed by atoms with van der Waals surface area (Å²) in [5.74, 6) is 0. The van der Waals surface area contributed by atoms with Crippen LogP contribution in [0.5, 0.6) is 0 Å². The standard InChI is InChI=1S/C17H28BrN3/c1-5-19-13(2)16-9-8-14(11-17(16)18)21(4)12-15-7-6-10-20(15)3/h8-9,11,13,15,19H,5-7,10,12H2,1-4H3. The van der Waals surface area contributed by atoms with Gasteiger partial charge in [-0.25, -0.2) is 0 Å². The highest BCUT2D eigenvalue weighted by Gasteiger charge is 2.22. The van der Waals surface area contributed by atoms with Crippen LogP contribution in [0, 0.1) is 0 Å². The summed E-state index contributed by atoms with van der Waals surface area (Å²) in [6, 6.07) is 7.79. The quantitative estimate of drug-likeness (QED) is 0.841. The number of anilines is 1. The lowest BCUT2D eigenvalue weighted by molar-refractivity contribution is 0.314. The molecule has 3 nitrogen and oxygen atoms in total. The van der Waals surface area contributed by atoms with Crippen molar-refractivity contribution in [1.29, 1.82) is 0 Å². The van der Waals surface area contributed by atoms with Crippen molar-refractivity contribution in [1.82, 2.24) is 10.2 Å². The van der Waals surface area contributed by atoms with Crippen molar-refractivity contribution in [3.63, 3.8) is 0 Å². The molecular formula is C17H28BrN3. The number of hydrogen-bond acceptors (Lipinski definition) is 3. The van der Waals surface area contributed by atoms with E-state index in [0.717, 1.165) is 13.1 Å². The molecule has 1 aliphatic heterocycles. The van der Waals surface area contributed by atoms with Gasteiger partial charge in [0.05, 0.1) is 0 Å². The highest BCUT2D eigenvalue weighted by Crippen LogP contribution is 2.28. The van der Waals surface area contributed by atoms with Gasteiger partial charge in [-0.3, -0.25) is 0 Å². The number of rotatable bonds is 6. The fourth-order valence-electron chi connectivity index (χ4n) is 3.15. The number of hydrogen-bond donors (Lipinski definition) is 1. The molecule has 0 aliphatic carbocycles. The number of nitrogens with zero attached hydrogens (tertiary/aromatic N) is 2. The van der Waals surface area contributed by atoms with Gasteiger partial charge < -0.3 is 15.1 Å². The zero-order valence-electron chi connectivity index (χ0n) is 13.7. The van der Waals surface area contributed by atoms with Gasteiger partial charge in [-0.05, 0) is 57.6 Å². The number of likely N-dealkylation sites (N-methyl/N-ethyl adjacent to an activating group) is 2. The zero-order valence-corrected chi connectivity index (χ0v) is 15.3. The Balaban J connectivity index is 2.04. The van der Waals surface area contributed by atoms with Gasteiger partial charge in [0.25, 0.3) is 0 Å². The van der Waals surface area contributed by atoms with E-state index in [9.17, 15) is 0 Å². The maximum atomic E-state index is 3.73. The molecule has 21 heavy (non-hydrogen) atoms. The third kappa shape index (κ3) is 4.21. The zero-order chi connectivity index (χ0) is 15.4. The molecule has 0 saturated carbocycles. The molecule has 0 radical (unpaired) electrons. The molecule has 2 unspecified atom stereocenters.